The third-order valence-electron chi connectivity index (χ3n) is 7.24. The topological polar surface area (TPSA) is 88.1 Å². The third-order valence-corrected chi connectivity index (χ3v) is 7.24. The Morgan fingerprint density at radius 1 is 0.614 bits per heavy atom. The second-order valence-corrected chi connectivity index (χ2v) is 10.9. The average Bonchev–Trinajstić information content (AvgIpc) is 3.04. The molecule has 7 heteroatoms. The molecule has 7 nitrogen and oxygen atoms in total. The maximum Gasteiger partial charge on any atom is 0.343 e. The molecule has 0 radical (unpaired) electrons. The van der Waals surface area contributed by atoms with Crippen molar-refractivity contribution in [2.45, 2.75) is 91.1 Å². The Morgan fingerprint density at radius 2 is 1.16 bits per heavy atom. The van der Waals surface area contributed by atoms with Crippen molar-refractivity contribution in [1.82, 2.24) is 0 Å². The Hall–Kier alpha value is -4.13. The fourth-order valence-corrected chi connectivity index (χ4v) is 4.57. The zero-order valence-corrected chi connectivity index (χ0v) is 26.3. The molecule has 3 aromatic rings. The van der Waals surface area contributed by atoms with E-state index in [0.29, 0.717) is 36.5 Å². The van der Waals surface area contributed by atoms with Crippen LogP contribution in [-0.4, -0.2) is 37.2 Å². The quantitative estimate of drug-likeness (QED) is 0.0768. The Morgan fingerprint density at radius 3 is 1.80 bits per heavy atom. The molecule has 0 aliphatic carbocycles. The highest BCUT2D eigenvalue weighted by molar-refractivity contribution is 5.92. The normalized spacial score (nSPS) is 11.4. The van der Waals surface area contributed by atoms with Crippen LogP contribution >= 0.6 is 0 Å². The van der Waals surface area contributed by atoms with Crippen LogP contribution in [0.4, 0.5) is 0 Å². The smallest absolute Gasteiger partial charge is 0.343 e. The van der Waals surface area contributed by atoms with Crippen molar-refractivity contribution >= 4 is 17.9 Å². The molecular weight excluding hydrogens is 556 g/mol. The second-order valence-electron chi connectivity index (χ2n) is 10.9. The van der Waals surface area contributed by atoms with E-state index in [9.17, 15) is 14.4 Å². The minimum atomic E-state index is -0.474. The Labute approximate surface area is 261 Å². The molecule has 44 heavy (non-hydrogen) atoms. The van der Waals surface area contributed by atoms with Crippen LogP contribution in [0.15, 0.2) is 72.8 Å². The molecule has 0 aliphatic rings. The molecule has 3 aromatic carbocycles. The van der Waals surface area contributed by atoms with Gasteiger partial charge in [0.2, 0.25) is 0 Å². The van der Waals surface area contributed by atoms with E-state index in [1.54, 1.807) is 43.3 Å². The van der Waals surface area contributed by atoms with E-state index in [-0.39, 0.29) is 18.0 Å². The fourth-order valence-electron chi connectivity index (χ4n) is 4.57. The molecule has 0 heterocycles. The van der Waals surface area contributed by atoms with Crippen molar-refractivity contribution in [2.24, 2.45) is 0 Å². The van der Waals surface area contributed by atoms with Crippen LogP contribution in [0, 0.1) is 0 Å². The zero-order chi connectivity index (χ0) is 31.6. The van der Waals surface area contributed by atoms with Crippen LogP contribution in [0.1, 0.15) is 106 Å². The largest absolute Gasteiger partial charge is 0.494 e. The molecule has 0 saturated carbocycles. The number of hydrogen-bond donors (Lipinski definition) is 0. The molecule has 236 valence electrons. The van der Waals surface area contributed by atoms with E-state index < -0.39 is 5.97 Å². The molecular formula is C37H46O7. The maximum atomic E-state index is 12.7. The van der Waals surface area contributed by atoms with Gasteiger partial charge >= 0.3 is 17.9 Å². The highest BCUT2D eigenvalue weighted by atomic mass is 16.5. The van der Waals surface area contributed by atoms with Gasteiger partial charge in [-0.2, -0.15) is 0 Å². The van der Waals surface area contributed by atoms with Crippen LogP contribution in [0.5, 0.6) is 11.5 Å². The van der Waals surface area contributed by atoms with Gasteiger partial charge in [-0.05, 0) is 105 Å². The molecule has 0 N–H and O–H groups in total. The summed E-state index contributed by atoms with van der Waals surface area (Å²) in [6.07, 6.45) is 9.54. The minimum Gasteiger partial charge on any atom is -0.494 e. The molecule has 0 amide bonds. The molecule has 1 atom stereocenters. The SMILES string of the molecule is CCCCCC[C@H](C)OC(=O)c1ccc(OC(=O)c2ccc(-c3ccc(OCCCCCCOC(=O)CC)cc3)cc2)cc1. The molecule has 0 saturated heterocycles. The lowest BCUT2D eigenvalue weighted by molar-refractivity contribution is -0.143. The van der Waals surface area contributed by atoms with Gasteiger partial charge in [0.05, 0.1) is 30.4 Å². The van der Waals surface area contributed by atoms with Gasteiger partial charge in [-0.3, -0.25) is 4.79 Å². The summed E-state index contributed by atoms with van der Waals surface area (Å²) in [6.45, 7) is 7.00. The second kappa shape index (κ2) is 19.2. The lowest BCUT2D eigenvalue weighted by atomic mass is 10.0. The van der Waals surface area contributed by atoms with Gasteiger partial charge in [-0.1, -0.05) is 57.4 Å². The lowest BCUT2D eigenvalue weighted by Gasteiger charge is -2.13. The van der Waals surface area contributed by atoms with Crippen LogP contribution in [0.2, 0.25) is 0 Å². The summed E-state index contributed by atoms with van der Waals surface area (Å²) in [4.78, 5) is 36.3. The highest BCUT2D eigenvalue weighted by Crippen LogP contribution is 2.24. The number of ether oxygens (including phenoxy) is 4. The highest BCUT2D eigenvalue weighted by Gasteiger charge is 2.14. The zero-order valence-electron chi connectivity index (χ0n) is 26.3. The van der Waals surface area contributed by atoms with Gasteiger partial charge < -0.3 is 18.9 Å². The van der Waals surface area contributed by atoms with Gasteiger partial charge in [0.1, 0.15) is 11.5 Å². The van der Waals surface area contributed by atoms with E-state index in [1.807, 2.05) is 43.3 Å². The summed E-state index contributed by atoms with van der Waals surface area (Å²) in [5.74, 6) is 0.171. The number of benzene rings is 3. The Kier molecular flexibility index (Phi) is 15.0. The summed E-state index contributed by atoms with van der Waals surface area (Å²) in [5.41, 5.74) is 2.84. The van der Waals surface area contributed by atoms with Crippen molar-refractivity contribution in [3.05, 3.63) is 83.9 Å². The summed E-state index contributed by atoms with van der Waals surface area (Å²) >= 11 is 0. The van der Waals surface area contributed by atoms with E-state index in [1.165, 1.54) is 12.8 Å². The molecule has 0 fully saturated rings. The minimum absolute atomic E-state index is 0.136. The number of rotatable bonds is 19. The van der Waals surface area contributed by atoms with Crippen molar-refractivity contribution < 1.29 is 33.3 Å². The fraction of sp³-hybridized carbons (Fsp3) is 0.432. The molecule has 0 aromatic heterocycles. The predicted octanol–water partition coefficient (Wildman–Crippen LogP) is 8.98. The first-order valence-electron chi connectivity index (χ1n) is 15.9. The molecule has 0 aliphatic heterocycles. The van der Waals surface area contributed by atoms with Crippen LogP contribution in [-0.2, 0) is 14.3 Å². The van der Waals surface area contributed by atoms with Crippen LogP contribution in [0.25, 0.3) is 11.1 Å². The maximum absolute atomic E-state index is 12.7. The van der Waals surface area contributed by atoms with E-state index >= 15 is 0 Å². The predicted molar refractivity (Wildman–Crippen MR) is 172 cm³/mol. The number of carbonyl (C=O) groups is 3. The van der Waals surface area contributed by atoms with Crippen LogP contribution < -0.4 is 9.47 Å². The van der Waals surface area contributed by atoms with Gasteiger partial charge in [0, 0.05) is 6.42 Å². The van der Waals surface area contributed by atoms with Gasteiger partial charge in [-0.25, -0.2) is 9.59 Å². The van der Waals surface area contributed by atoms with Crippen molar-refractivity contribution in [2.75, 3.05) is 13.2 Å². The van der Waals surface area contributed by atoms with Crippen molar-refractivity contribution in [3.8, 4) is 22.6 Å². The van der Waals surface area contributed by atoms with Gasteiger partial charge in [0.15, 0.2) is 0 Å². The third kappa shape index (κ3) is 12.2. The number of carbonyl (C=O) groups excluding carboxylic acids is 3. The van der Waals surface area contributed by atoms with E-state index in [0.717, 1.165) is 61.8 Å². The van der Waals surface area contributed by atoms with Crippen molar-refractivity contribution in [3.63, 3.8) is 0 Å². The molecule has 0 bridgehead atoms. The molecule has 3 rings (SSSR count). The summed E-state index contributed by atoms with van der Waals surface area (Å²) in [5, 5.41) is 0. The number of unbranched alkanes of at least 4 members (excludes halogenated alkanes) is 6. The summed E-state index contributed by atoms with van der Waals surface area (Å²) < 4.78 is 22.0. The average molecular weight is 603 g/mol. The lowest BCUT2D eigenvalue weighted by Crippen LogP contribution is -2.15. The van der Waals surface area contributed by atoms with Crippen LogP contribution in [0.3, 0.4) is 0 Å². The summed E-state index contributed by atoms with van der Waals surface area (Å²) in [7, 11) is 0. The first-order valence-corrected chi connectivity index (χ1v) is 15.9. The monoisotopic (exact) mass is 602 g/mol. The van der Waals surface area contributed by atoms with E-state index in [4.69, 9.17) is 18.9 Å². The Bertz CT molecular complexity index is 1280. The van der Waals surface area contributed by atoms with Crippen molar-refractivity contribution in [1.29, 1.82) is 0 Å². The number of hydrogen-bond acceptors (Lipinski definition) is 7. The summed E-state index contributed by atoms with van der Waals surface area (Å²) in [6, 6.07) is 21.5. The first kappa shape index (κ1) is 34.4. The van der Waals surface area contributed by atoms with Gasteiger partial charge in [-0.15, -0.1) is 0 Å². The number of esters is 3. The standard InChI is InChI=1S/C37H46O7/c1-4-6-7-10-13-28(3)43-36(39)32-20-24-34(25-21-32)44-37(40)31-16-14-29(15-17-31)30-18-22-33(23-19-30)41-26-11-8-9-12-27-42-35(38)5-2/h14-25,28H,4-13,26-27H2,1-3H3/t28-/m0/s1. The molecule has 0 unspecified atom stereocenters. The Balaban J connectivity index is 1.40. The van der Waals surface area contributed by atoms with Gasteiger partial charge in [0.25, 0.3) is 0 Å². The van der Waals surface area contributed by atoms with E-state index in [2.05, 4.69) is 6.92 Å². The molecule has 0 spiro atoms. The first-order chi connectivity index (χ1) is 21.4.